The molecule has 13 heteroatoms. The van der Waals surface area contributed by atoms with E-state index in [0.29, 0.717) is 19.3 Å². The van der Waals surface area contributed by atoms with Gasteiger partial charge in [0.25, 0.3) is 10.1 Å². The van der Waals surface area contributed by atoms with Crippen LogP contribution >= 0.6 is 0 Å². The summed E-state index contributed by atoms with van der Waals surface area (Å²) in [6, 6.07) is 0. The first-order valence-electron chi connectivity index (χ1n) is 20.8. The van der Waals surface area contributed by atoms with E-state index in [0.717, 1.165) is 51.4 Å². The molecule has 0 radical (unpaired) electrons. The van der Waals surface area contributed by atoms with Gasteiger partial charge in [-0.25, -0.2) is 0 Å². The Hall–Kier alpha value is -2.65. The van der Waals surface area contributed by atoms with Crippen LogP contribution in [0, 0.1) is 0 Å². The summed E-state index contributed by atoms with van der Waals surface area (Å²) in [4.78, 5) is 25.3. The van der Waals surface area contributed by atoms with E-state index in [1.54, 1.807) is 0 Å². The molecule has 0 aliphatic carbocycles. The van der Waals surface area contributed by atoms with Crippen LogP contribution in [-0.4, -0.2) is 96.0 Å². The van der Waals surface area contributed by atoms with E-state index in [9.17, 15) is 37.9 Å². The molecule has 1 rings (SSSR count). The van der Waals surface area contributed by atoms with E-state index in [1.807, 2.05) is 12.2 Å². The van der Waals surface area contributed by atoms with Crippen molar-refractivity contribution in [2.75, 3.05) is 19.0 Å². The van der Waals surface area contributed by atoms with Crippen molar-refractivity contribution in [1.29, 1.82) is 0 Å². The largest absolute Gasteiger partial charge is 0.462 e. The summed E-state index contributed by atoms with van der Waals surface area (Å²) in [6.45, 7) is 3.56. The van der Waals surface area contributed by atoms with Crippen LogP contribution in [0.4, 0.5) is 0 Å². The molecule has 0 bridgehead atoms. The van der Waals surface area contributed by atoms with Gasteiger partial charge in [0.2, 0.25) is 0 Å². The van der Waals surface area contributed by atoms with E-state index >= 15 is 0 Å². The number of carbonyl (C=O) groups is 2. The number of aliphatic hydroxyl groups excluding tert-OH is 3. The molecular formula is C43H72O12S. The molecule has 0 aromatic heterocycles. The van der Waals surface area contributed by atoms with Crippen molar-refractivity contribution in [1.82, 2.24) is 0 Å². The van der Waals surface area contributed by atoms with Crippen LogP contribution in [0.3, 0.4) is 0 Å². The molecule has 0 aromatic carbocycles. The molecule has 12 nitrogen and oxygen atoms in total. The van der Waals surface area contributed by atoms with Gasteiger partial charge in [0.15, 0.2) is 12.4 Å². The maximum Gasteiger partial charge on any atom is 0.306 e. The summed E-state index contributed by atoms with van der Waals surface area (Å²) >= 11 is 0. The molecule has 1 heterocycles. The lowest BCUT2D eigenvalue weighted by molar-refractivity contribution is -0.297. The predicted molar refractivity (Wildman–Crippen MR) is 219 cm³/mol. The Bertz CT molecular complexity index is 1280. The molecule has 0 amide bonds. The van der Waals surface area contributed by atoms with Gasteiger partial charge in [-0.3, -0.25) is 14.1 Å². The van der Waals surface area contributed by atoms with Gasteiger partial charge in [0, 0.05) is 12.8 Å². The molecule has 1 fully saturated rings. The molecule has 0 spiro atoms. The number of esters is 2. The van der Waals surface area contributed by atoms with Crippen molar-refractivity contribution < 1.29 is 56.8 Å². The summed E-state index contributed by atoms with van der Waals surface area (Å²) in [5.74, 6) is -2.06. The summed E-state index contributed by atoms with van der Waals surface area (Å²) in [5.41, 5.74) is 0. The van der Waals surface area contributed by atoms with Gasteiger partial charge < -0.3 is 34.3 Å². The Labute approximate surface area is 336 Å². The van der Waals surface area contributed by atoms with Crippen LogP contribution in [-0.2, 0) is 38.7 Å². The van der Waals surface area contributed by atoms with Crippen molar-refractivity contribution in [3.05, 3.63) is 60.8 Å². The summed E-state index contributed by atoms with van der Waals surface area (Å²) in [5, 5.41) is 30.8. The normalized spacial score (nSPS) is 21.3. The Morgan fingerprint density at radius 3 is 1.66 bits per heavy atom. The number of allylic oxidation sites excluding steroid dienone is 10. The van der Waals surface area contributed by atoms with Gasteiger partial charge in [-0.2, -0.15) is 8.42 Å². The maximum absolute atomic E-state index is 12.7. The molecule has 56 heavy (non-hydrogen) atoms. The number of aliphatic hydroxyl groups is 3. The van der Waals surface area contributed by atoms with Crippen molar-refractivity contribution in [3.8, 4) is 0 Å². The summed E-state index contributed by atoms with van der Waals surface area (Å²) in [6.07, 6.45) is 30.0. The molecular weight excluding hydrogens is 741 g/mol. The van der Waals surface area contributed by atoms with Gasteiger partial charge in [-0.1, -0.05) is 139 Å². The van der Waals surface area contributed by atoms with E-state index < -0.39 is 71.2 Å². The van der Waals surface area contributed by atoms with Crippen LogP contribution in [0.25, 0.3) is 0 Å². The van der Waals surface area contributed by atoms with Crippen LogP contribution < -0.4 is 0 Å². The third kappa shape index (κ3) is 27.9. The second-order valence-electron chi connectivity index (χ2n) is 14.3. The zero-order chi connectivity index (χ0) is 41.3. The van der Waals surface area contributed by atoms with Crippen molar-refractivity contribution in [2.45, 2.75) is 179 Å². The summed E-state index contributed by atoms with van der Waals surface area (Å²) < 4.78 is 53.8. The molecule has 1 aliphatic rings. The number of ether oxygens (including phenoxy) is 4. The highest BCUT2D eigenvalue weighted by molar-refractivity contribution is 7.85. The average molecular weight is 813 g/mol. The Kier molecular flexibility index (Phi) is 30.6. The second-order valence-corrected chi connectivity index (χ2v) is 15.8. The third-order valence-electron chi connectivity index (χ3n) is 9.11. The Balaban J connectivity index is 2.52. The fraction of sp³-hybridized carbons (Fsp3) is 0.721. The zero-order valence-corrected chi connectivity index (χ0v) is 34.8. The van der Waals surface area contributed by atoms with Crippen molar-refractivity contribution in [3.63, 3.8) is 0 Å². The first-order valence-corrected chi connectivity index (χ1v) is 22.5. The van der Waals surface area contributed by atoms with Crippen molar-refractivity contribution in [2.24, 2.45) is 0 Å². The maximum atomic E-state index is 12.7. The van der Waals surface area contributed by atoms with E-state index in [2.05, 4.69) is 62.5 Å². The fourth-order valence-electron chi connectivity index (χ4n) is 5.89. The molecule has 6 atom stereocenters. The SMILES string of the molecule is CCC=CCC=CCC=CCC=CCC=CCCCC(=O)OC[C@H](CO[C@H]1O[C@H](CS(=O)(=O)O)[C@@H](O)[C@H](O)[C@H]1O)OC(=O)CCCCCCCCCCCCC. The zero-order valence-electron chi connectivity index (χ0n) is 34.0. The quantitative estimate of drug-likeness (QED) is 0.0219. The topological polar surface area (TPSA) is 186 Å². The first-order chi connectivity index (χ1) is 27.0. The lowest BCUT2D eigenvalue weighted by Gasteiger charge is -2.40. The van der Waals surface area contributed by atoms with Crippen LogP contribution in [0.15, 0.2) is 60.8 Å². The number of rotatable bonds is 33. The Morgan fingerprint density at radius 2 is 1.12 bits per heavy atom. The van der Waals surface area contributed by atoms with Gasteiger partial charge in [-0.05, 0) is 51.4 Å². The van der Waals surface area contributed by atoms with Gasteiger partial charge >= 0.3 is 11.9 Å². The smallest absolute Gasteiger partial charge is 0.306 e. The second kappa shape index (κ2) is 33.3. The Morgan fingerprint density at radius 1 is 0.625 bits per heavy atom. The first kappa shape index (κ1) is 51.4. The lowest BCUT2D eigenvalue weighted by Crippen LogP contribution is -2.60. The van der Waals surface area contributed by atoms with Gasteiger partial charge in [0.1, 0.15) is 36.8 Å². The monoisotopic (exact) mass is 812 g/mol. The van der Waals surface area contributed by atoms with Crippen LogP contribution in [0.5, 0.6) is 0 Å². The highest BCUT2D eigenvalue weighted by Crippen LogP contribution is 2.24. The minimum Gasteiger partial charge on any atom is -0.462 e. The number of carbonyl (C=O) groups excluding carboxylic acids is 2. The highest BCUT2D eigenvalue weighted by atomic mass is 32.2. The van der Waals surface area contributed by atoms with E-state index in [1.165, 1.54) is 44.9 Å². The van der Waals surface area contributed by atoms with Gasteiger partial charge in [0.05, 0.1) is 6.61 Å². The molecule has 0 aromatic rings. The molecule has 0 saturated carbocycles. The average Bonchev–Trinajstić information content (AvgIpc) is 3.16. The standard InChI is InChI=1S/C43H72O12S/c1-3-5-7-9-11-13-15-16-17-18-19-20-22-23-25-27-29-31-38(44)52-33-36(54-39(45)32-30-28-26-24-21-14-12-10-8-6-4-2)34-53-43-42(48)41(47)40(46)37(55-43)35-56(49,50)51/h5,7,11,13,16-17,19-20,23,25,36-37,40-43,46-48H,3-4,6,8-10,12,14-15,18,21-22,24,26-35H2,1-2H3,(H,49,50,51)/t36-,37-,40-,41+,42-,43+/m1/s1. The van der Waals surface area contributed by atoms with Crippen LogP contribution in [0.2, 0.25) is 0 Å². The molecule has 1 saturated heterocycles. The molecule has 0 unspecified atom stereocenters. The van der Waals surface area contributed by atoms with E-state index in [-0.39, 0.29) is 19.4 Å². The number of unbranched alkanes of at least 4 members (excludes halogenated alkanes) is 11. The highest BCUT2D eigenvalue weighted by Gasteiger charge is 2.46. The molecule has 1 aliphatic heterocycles. The van der Waals surface area contributed by atoms with E-state index in [4.69, 9.17) is 18.9 Å². The van der Waals surface area contributed by atoms with Crippen LogP contribution in [0.1, 0.15) is 142 Å². The number of hydrogen-bond acceptors (Lipinski definition) is 11. The molecule has 322 valence electrons. The minimum absolute atomic E-state index is 0.139. The van der Waals surface area contributed by atoms with Crippen molar-refractivity contribution >= 4 is 22.1 Å². The predicted octanol–water partition coefficient (Wildman–Crippen LogP) is 7.78. The lowest BCUT2D eigenvalue weighted by atomic mass is 10.00. The minimum atomic E-state index is -4.61. The van der Waals surface area contributed by atoms with Gasteiger partial charge in [-0.15, -0.1) is 0 Å². The fourth-order valence-corrected chi connectivity index (χ4v) is 6.58. The molecule has 4 N–H and O–H groups in total. The third-order valence-corrected chi connectivity index (χ3v) is 9.86. The number of hydrogen-bond donors (Lipinski definition) is 4. The summed E-state index contributed by atoms with van der Waals surface area (Å²) in [7, 11) is -4.61.